The second kappa shape index (κ2) is 9.29. The third-order valence-electron chi connectivity index (χ3n) is 6.83. The van der Waals surface area contributed by atoms with Crippen molar-refractivity contribution in [3.05, 3.63) is 59.4 Å². The summed E-state index contributed by atoms with van der Waals surface area (Å²) in [7, 11) is -3.71. The standard InChI is InChI=1S/C24H25F3N4O3S/c25-17-3-1-15(2-4-17)23-22(19-8-18(26)9-20(27)24(19)31-23)16-5-13(6-16)11-29-35(33,34)30-12-14-7-21(32)28-10-14/h1-4,8-9,13-14,16,29-31H,5-7,10-12H2,(H,28,32)/t13-,14?,16-. The van der Waals surface area contributed by atoms with Gasteiger partial charge < -0.3 is 10.3 Å². The lowest BCUT2D eigenvalue weighted by Gasteiger charge is -2.36. The second-order valence-corrected chi connectivity index (χ2v) is 10.9. The number of fused-ring (bicyclic) bond motifs is 1. The number of carbonyl (C=O) groups excluding carboxylic acids is 1. The average Bonchev–Trinajstić information content (AvgIpc) is 3.36. The first-order valence-electron chi connectivity index (χ1n) is 11.5. The first-order valence-corrected chi connectivity index (χ1v) is 12.9. The summed E-state index contributed by atoms with van der Waals surface area (Å²) >= 11 is 0. The number of nitrogens with one attached hydrogen (secondary N) is 4. The lowest BCUT2D eigenvalue weighted by atomic mass is 9.70. The quantitative estimate of drug-likeness (QED) is 0.377. The number of benzene rings is 2. The topological polar surface area (TPSA) is 103 Å². The molecule has 2 fully saturated rings. The summed E-state index contributed by atoms with van der Waals surface area (Å²) in [5.41, 5.74) is 2.20. The molecule has 0 bridgehead atoms. The first kappa shape index (κ1) is 23.8. The van der Waals surface area contributed by atoms with E-state index in [1.807, 2.05) is 0 Å². The Bertz CT molecular complexity index is 1370. The molecule has 1 saturated heterocycles. The molecule has 1 unspecified atom stereocenters. The van der Waals surface area contributed by atoms with Gasteiger partial charge >= 0.3 is 0 Å². The van der Waals surface area contributed by atoms with Gasteiger partial charge in [0.15, 0.2) is 0 Å². The predicted molar refractivity (Wildman–Crippen MR) is 125 cm³/mol. The van der Waals surface area contributed by atoms with Gasteiger partial charge in [0.05, 0.1) is 11.2 Å². The number of hydrogen-bond donors (Lipinski definition) is 4. The largest absolute Gasteiger partial charge is 0.356 e. The van der Waals surface area contributed by atoms with Crippen LogP contribution >= 0.6 is 0 Å². The monoisotopic (exact) mass is 506 g/mol. The van der Waals surface area contributed by atoms with Gasteiger partial charge in [0.25, 0.3) is 10.2 Å². The summed E-state index contributed by atoms with van der Waals surface area (Å²) in [6.45, 7) is 0.855. The fraction of sp³-hybridized carbons (Fsp3) is 0.375. The molecule has 7 nitrogen and oxygen atoms in total. The van der Waals surface area contributed by atoms with Crippen molar-refractivity contribution in [2.24, 2.45) is 11.8 Å². The molecule has 1 aromatic heterocycles. The normalized spacial score (nSPS) is 22.4. The van der Waals surface area contributed by atoms with Crippen LogP contribution in [0.15, 0.2) is 36.4 Å². The SMILES string of the molecule is O=C1CC(CNS(=O)(=O)NC[C@H]2C[C@H](c3c(-c4ccc(F)cc4)[nH]c4c(F)cc(F)cc43)C2)CN1. The lowest BCUT2D eigenvalue weighted by Crippen LogP contribution is -2.43. The van der Waals surface area contributed by atoms with Crippen LogP contribution in [0.25, 0.3) is 22.2 Å². The van der Waals surface area contributed by atoms with Crippen LogP contribution in [0.3, 0.4) is 0 Å². The Morgan fingerprint density at radius 1 is 0.943 bits per heavy atom. The number of halogens is 3. The molecule has 0 radical (unpaired) electrons. The highest BCUT2D eigenvalue weighted by atomic mass is 32.2. The molecule has 11 heteroatoms. The third-order valence-corrected chi connectivity index (χ3v) is 7.92. The van der Waals surface area contributed by atoms with Gasteiger partial charge in [0, 0.05) is 37.5 Å². The summed E-state index contributed by atoms with van der Waals surface area (Å²) in [5.74, 6) is -1.93. The second-order valence-electron chi connectivity index (χ2n) is 9.34. The third kappa shape index (κ3) is 5.07. The zero-order valence-electron chi connectivity index (χ0n) is 18.7. The summed E-state index contributed by atoms with van der Waals surface area (Å²) in [4.78, 5) is 14.3. The van der Waals surface area contributed by atoms with Crippen molar-refractivity contribution >= 4 is 27.0 Å². The number of amides is 1. The Labute approximate surface area is 200 Å². The van der Waals surface area contributed by atoms with Crippen molar-refractivity contribution in [2.75, 3.05) is 19.6 Å². The van der Waals surface area contributed by atoms with Gasteiger partial charge in [-0.25, -0.2) is 22.6 Å². The van der Waals surface area contributed by atoms with Gasteiger partial charge in [0.1, 0.15) is 17.5 Å². The van der Waals surface area contributed by atoms with Crippen molar-refractivity contribution in [2.45, 2.75) is 25.2 Å². The summed E-state index contributed by atoms with van der Waals surface area (Å²) < 4.78 is 71.6. The van der Waals surface area contributed by atoms with E-state index in [0.717, 1.165) is 11.6 Å². The van der Waals surface area contributed by atoms with Crippen molar-refractivity contribution in [3.8, 4) is 11.3 Å². The maximum absolute atomic E-state index is 14.5. The van der Waals surface area contributed by atoms with E-state index >= 15 is 0 Å². The van der Waals surface area contributed by atoms with Gasteiger partial charge in [-0.2, -0.15) is 8.42 Å². The highest BCUT2D eigenvalue weighted by Crippen LogP contribution is 2.48. The van der Waals surface area contributed by atoms with Crippen LogP contribution in [0.1, 0.15) is 30.7 Å². The van der Waals surface area contributed by atoms with Crippen molar-refractivity contribution in [3.63, 3.8) is 0 Å². The molecular weight excluding hydrogens is 481 g/mol. The van der Waals surface area contributed by atoms with Crippen LogP contribution in [-0.2, 0) is 15.0 Å². The molecule has 3 aromatic rings. The Morgan fingerprint density at radius 2 is 1.63 bits per heavy atom. The van der Waals surface area contributed by atoms with Gasteiger partial charge in [0.2, 0.25) is 5.91 Å². The molecular formula is C24H25F3N4O3S. The fourth-order valence-electron chi connectivity index (χ4n) is 4.96. The first-order chi connectivity index (χ1) is 16.7. The number of carbonyl (C=O) groups is 1. The Kier molecular flexibility index (Phi) is 6.32. The molecule has 1 saturated carbocycles. The van der Waals surface area contributed by atoms with Crippen LogP contribution in [-0.4, -0.2) is 38.9 Å². The number of hydrogen-bond acceptors (Lipinski definition) is 3. The highest BCUT2D eigenvalue weighted by Gasteiger charge is 2.35. The Morgan fingerprint density at radius 3 is 2.29 bits per heavy atom. The minimum atomic E-state index is -3.71. The van der Waals surface area contributed by atoms with E-state index in [2.05, 4.69) is 19.7 Å². The van der Waals surface area contributed by atoms with Crippen molar-refractivity contribution in [1.82, 2.24) is 19.7 Å². The molecule has 2 aliphatic rings. The zero-order chi connectivity index (χ0) is 24.7. The average molecular weight is 507 g/mol. The van der Waals surface area contributed by atoms with E-state index in [1.165, 1.54) is 18.2 Å². The number of rotatable bonds is 8. The van der Waals surface area contributed by atoms with E-state index < -0.39 is 27.7 Å². The maximum Gasteiger partial charge on any atom is 0.276 e. The van der Waals surface area contributed by atoms with E-state index in [-0.39, 0.29) is 42.3 Å². The van der Waals surface area contributed by atoms with Gasteiger partial charge in [-0.15, -0.1) is 0 Å². The molecule has 1 aliphatic heterocycles. The van der Waals surface area contributed by atoms with E-state index in [1.54, 1.807) is 12.1 Å². The molecule has 2 heterocycles. The van der Waals surface area contributed by atoms with Gasteiger partial charge in [-0.05, 0) is 72.1 Å². The zero-order valence-corrected chi connectivity index (χ0v) is 19.5. The van der Waals surface area contributed by atoms with Gasteiger partial charge in [-0.1, -0.05) is 0 Å². The van der Waals surface area contributed by atoms with Crippen LogP contribution in [0.4, 0.5) is 13.2 Å². The Hall–Kier alpha value is -2.89. The number of aromatic nitrogens is 1. The van der Waals surface area contributed by atoms with Crippen LogP contribution < -0.4 is 14.8 Å². The number of H-pyrrole nitrogens is 1. The van der Waals surface area contributed by atoms with Crippen LogP contribution in [0.2, 0.25) is 0 Å². The molecule has 1 atom stereocenters. The molecule has 1 aliphatic carbocycles. The fourth-order valence-corrected chi connectivity index (χ4v) is 5.97. The number of aromatic amines is 1. The molecule has 2 aromatic carbocycles. The summed E-state index contributed by atoms with van der Waals surface area (Å²) in [5, 5.41) is 3.11. The molecule has 4 N–H and O–H groups in total. The van der Waals surface area contributed by atoms with Crippen LogP contribution in [0, 0.1) is 29.3 Å². The summed E-state index contributed by atoms with van der Waals surface area (Å²) in [6, 6.07) is 7.90. The minimum absolute atomic E-state index is 0.0389. The molecule has 0 spiro atoms. The van der Waals surface area contributed by atoms with E-state index in [4.69, 9.17) is 0 Å². The lowest BCUT2D eigenvalue weighted by molar-refractivity contribution is -0.119. The van der Waals surface area contributed by atoms with Crippen molar-refractivity contribution < 1.29 is 26.4 Å². The maximum atomic E-state index is 14.5. The molecule has 1 amide bonds. The summed E-state index contributed by atoms with van der Waals surface area (Å²) in [6.07, 6.45) is 1.56. The smallest absolute Gasteiger partial charge is 0.276 e. The molecule has 5 rings (SSSR count). The molecule has 35 heavy (non-hydrogen) atoms. The predicted octanol–water partition coefficient (Wildman–Crippen LogP) is 3.31. The highest BCUT2D eigenvalue weighted by molar-refractivity contribution is 7.87. The van der Waals surface area contributed by atoms with Crippen LogP contribution in [0.5, 0.6) is 0 Å². The minimum Gasteiger partial charge on any atom is -0.356 e. The van der Waals surface area contributed by atoms with E-state index in [0.29, 0.717) is 42.5 Å². The van der Waals surface area contributed by atoms with Crippen molar-refractivity contribution in [1.29, 1.82) is 0 Å². The molecule has 186 valence electrons. The van der Waals surface area contributed by atoms with E-state index in [9.17, 15) is 26.4 Å². The van der Waals surface area contributed by atoms with Gasteiger partial charge in [-0.3, -0.25) is 4.79 Å². The Balaban J connectivity index is 1.28.